The molecule has 0 spiro atoms. The number of pyridine rings is 1. The highest BCUT2D eigenvalue weighted by molar-refractivity contribution is 7.80. The molecular formula is C30H33FN6O3S. The molecule has 2 saturated heterocycles. The second-order valence-electron chi connectivity index (χ2n) is 10.2. The zero-order valence-electron chi connectivity index (χ0n) is 22.6. The van der Waals surface area contributed by atoms with E-state index in [0.29, 0.717) is 30.7 Å². The van der Waals surface area contributed by atoms with E-state index in [2.05, 4.69) is 25.8 Å². The molecule has 0 aliphatic carbocycles. The average molecular weight is 577 g/mol. The summed E-state index contributed by atoms with van der Waals surface area (Å²) >= 11 is 5.16. The van der Waals surface area contributed by atoms with Crippen molar-refractivity contribution in [1.29, 1.82) is 0 Å². The van der Waals surface area contributed by atoms with Gasteiger partial charge in [-0.15, -0.1) is 0 Å². The lowest BCUT2D eigenvalue weighted by atomic mass is 10.0. The van der Waals surface area contributed by atoms with Gasteiger partial charge in [-0.05, 0) is 74.8 Å². The maximum Gasteiger partial charge on any atom is 0.323 e. The number of amides is 3. The van der Waals surface area contributed by atoms with Crippen LogP contribution in [0.5, 0.6) is 11.5 Å². The number of halogens is 1. The van der Waals surface area contributed by atoms with Crippen LogP contribution in [0.15, 0.2) is 66.9 Å². The Balaban J connectivity index is 1.11. The molecule has 9 nitrogen and oxygen atoms in total. The maximum atomic E-state index is 14.8. The monoisotopic (exact) mass is 576 g/mol. The molecule has 3 N–H and O–H groups in total. The molecule has 0 radical (unpaired) electrons. The number of hydrogen-bond donors (Lipinski definition) is 3. The smallest absolute Gasteiger partial charge is 0.323 e. The van der Waals surface area contributed by atoms with Gasteiger partial charge in [0.15, 0.2) is 5.11 Å². The minimum absolute atomic E-state index is 0.00621. The van der Waals surface area contributed by atoms with Gasteiger partial charge in [0.05, 0.1) is 12.1 Å². The third-order valence-corrected chi connectivity index (χ3v) is 7.46. The molecule has 3 amide bonds. The van der Waals surface area contributed by atoms with E-state index in [4.69, 9.17) is 17.0 Å². The van der Waals surface area contributed by atoms with E-state index in [1.165, 1.54) is 31.2 Å². The molecule has 2 aromatic carbocycles. The number of anilines is 2. The predicted molar refractivity (Wildman–Crippen MR) is 160 cm³/mol. The van der Waals surface area contributed by atoms with Crippen molar-refractivity contribution in [3.05, 3.63) is 78.2 Å². The Morgan fingerprint density at radius 1 is 0.951 bits per heavy atom. The number of benzene rings is 2. The first-order valence-electron chi connectivity index (χ1n) is 13.8. The van der Waals surface area contributed by atoms with Crippen molar-refractivity contribution in [1.82, 2.24) is 20.1 Å². The SMILES string of the molecule is O=C(Cc1ccccc1)NC(=S)Nc1ccc(Oc2ccnc(NC(=O)N3CCC(N4CCCC4)CC3)c2)cc1F. The summed E-state index contributed by atoms with van der Waals surface area (Å²) in [5.74, 6) is 0.0826. The quantitative estimate of drug-likeness (QED) is 0.334. The van der Waals surface area contributed by atoms with Gasteiger partial charge in [-0.2, -0.15) is 0 Å². The van der Waals surface area contributed by atoms with E-state index in [0.717, 1.165) is 31.5 Å². The second kappa shape index (κ2) is 13.5. The van der Waals surface area contributed by atoms with E-state index in [1.54, 1.807) is 18.2 Å². The van der Waals surface area contributed by atoms with Crippen LogP contribution in [-0.2, 0) is 11.2 Å². The predicted octanol–water partition coefficient (Wildman–Crippen LogP) is 5.16. The lowest BCUT2D eigenvalue weighted by Gasteiger charge is -2.36. The first-order valence-corrected chi connectivity index (χ1v) is 14.2. The molecule has 214 valence electrons. The third kappa shape index (κ3) is 7.99. The zero-order chi connectivity index (χ0) is 28.6. The number of piperidine rings is 1. The Kier molecular flexibility index (Phi) is 9.37. The molecule has 11 heteroatoms. The van der Waals surface area contributed by atoms with E-state index in [1.807, 2.05) is 35.2 Å². The lowest BCUT2D eigenvalue weighted by molar-refractivity contribution is -0.119. The number of hydrogen-bond acceptors (Lipinski definition) is 6. The maximum absolute atomic E-state index is 14.8. The van der Waals surface area contributed by atoms with Gasteiger partial charge < -0.3 is 25.2 Å². The fourth-order valence-electron chi connectivity index (χ4n) is 5.17. The lowest BCUT2D eigenvalue weighted by Crippen LogP contribution is -2.47. The Morgan fingerprint density at radius 2 is 1.68 bits per heavy atom. The van der Waals surface area contributed by atoms with E-state index in [-0.39, 0.29) is 34.9 Å². The molecule has 0 bridgehead atoms. The molecule has 5 rings (SSSR count). The molecule has 0 atom stereocenters. The molecule has 0 saturated carbocycles. The van der Waals surface area contributed by atoms with Gasteiger partial charge >= 0.3 is 6.03 Å². The number of rotatable bonds is 7. The minimum Gasteiger partial charge on any atom is -0.457 e. The van der Waals surface area contributed by atoms with Crippen LogP contribution in [0.2, 0.25) is 0 Å². The number of carbonyl (C=O) groups is 2. The first-order chi connectivity index (χ1) is 19.9. The van der Waals surface area contributed by atoms with Gasteiger partial charge in [0, 0.05) is 37.5 Å². The number of thiocarbonyl (C=S) groups is 1. The molecule has 3 aromatic rings. The van der Waals surface area contributed by atoms with Crippen LogP contribution in [0.1, 0.15) is 31.2 Å². The summed E-state index contributed by atoms with van der Waals surface area (Å²) in [6.45, 7) is 3.75. The summed E-state index contributed by atoms with van der Waals surface area (Å²) in [7, 11) is 0. The number of carbonyl (C=O) groups excluding carboxylic acids is 2. The van der Waals surface area contributed by atoms with Gasteiger partial charge in [-0.1, -0.05) is 30.3 Å². The first kappa shape index (κ1) is 28.4. The number of urea groups is 1. The molecular weight excluding hydrogens is 543 g/mol. The Hall–Kier alpha value is -4.09. The summed E-state index contributed by atoms with van der Waals surface area (Å²) < 4.78 is 20.6. The van der Waals surface area contributed by atoms with Gasteiger partial charge in [0.2, 0.25) is 5.91 Å². The molecule has 41 heavy (non-hydrogen) atoms. The van der Waals surface area contributed by atoms with Crippen molar-refractivity contribution in [2.75, 3.05) is 36.8 Å². The largest absolute Gasteiger partial charge is 0.457 e. The molecule has 2 fully saturated rings. The number of aromatic nitrogens is 1. The number of ether oxygens (including phenoxy) is 1. The summed E-state index contributed by atoms with van der Waals surface area (Å²) in [5.41, 5.74) is 0.940. The van der Waals surface area contributed by atoms with Gasteiger partial charge in [0.25, 0.3) is 0 Å². The third-order valence-electron chi connectivity index (χ3n) is 7.26. The van der Waals surface area contributed by atoms with Crippen LogP contribution >= 0.6 is 12.2 Å². The van der Waals surface area contributed by atoms with Crippen molar-refractivity contribution < 1.29 is 18.7 Å². The Bertz CT molecular complexity index is 1380. The summed E-state index contributed by atoms with van der Waals surface area (Å²) in [5, 5.41) is 8.10. The number of likely N-dealkylation sites (tertiary alicyclic amines) is 2. The molecule has 3 heterocycles. The molecule has 0 unspecified atom stereocenters. The van der Waals surface area contributed by atoms with Crippen LogP contribution in [0.3, 0.4) is 0 Å². The van der Waals surface area contributed by atoms with Gasteiger partial charge in [0.1, 0.15) is 23.1 Å². The van der Waals surface area contributed by atoms with Crippen LogP contribution in [0, 0.1) is 5.82 Å². The van der Waals surface area contributed by atoms with Gasteiger partial charge in [-0.25, -0.2) is 14.2 Å². The highest BCUT2D eigenvalue weighted by atomic mass is 32.1. The number of nitrogens with one attached hydrogen (secondary N) is 3. The highest BCUT2D eigenvalue weighted by Crippen LogP contribution is 2.27. The van der Waals surface area contributed by atoms with Crippen molar-refractivity contribution in [2.45, 2.75) is 38.1 Å². The van der Waals surface area contributed by atoms with Crippen LogP contribution in [0.25, 0.3) is 0 Å². The van der Waals surface area contributed by atoms with Crippen molar-refractivity contribution >= 4 is 40.8 Å². The van der Waals surface area contributed by atoms with E-state index in [9.17, 15) is 14.0 Å². The van der Waals surface area contributed by atoms with Crippen molar-refractivity contribution in [2.24, 2.45) is 0 Å². The Morgan fingerprint density at radius 3 is 2.41 bits per heavy atom. The zero-order valence-corrected chi connectivity index (χ0v) is 23.5. The van der Waals surface area contributed by atoms with E-state index < -0.39 is 5.82 Å². The number of nitrogens with zero attached hydrogens (tertiary/aromatic N) is 3. The van der Waals surface area contributed by atoms with Crippen molar-refractivity contribution in [3.63, 3.8) is 0 Å². The van der Waals surface area contributed by atoms with Crippen molar-refractivity contribution in [3.8, 4) is 11.5 Å². The topological polar surface area (TPSA) is 98.8 Å². The van der Waals surface area contributed by atoms with E-state index >= 15 is 0 Å². The molecule has 2 aliphatic heterocycles. The highest BCUT2D eigenvalue weighted by Gasteiger charge is 2.28. The fourth-order valence-corrected chi connectivity index (χ4v) is 5.40. The van der Waals surface area contributed by atoms with Crippen LogP contribution < -0.4 is 20.7 Å². The molecule has 1 aromatic heterocycles. The summed E-state index contributed by atoms with van der Waals surface area (Å²) in [6, 6.07) is 17.1. The standard InChI is InChI=1S/C30H33FN6O3S/c31-25-19-23(8-9-26(25)33-29(41)35-28(38)18-21-6-2-1-3-7-21)40-24-10-13-32-27(20-24)34-30(39)37-16-11-22(12-17-37)36-14-4-5-15-36/h1-3,6-10,13,19-20,22H,4-5,11-12,14-18H2,(H,32,34,39)(H2,33,35,38,41). The van der Waals surface area contributed by atoms with Crippen LogP contribution in [0.4, 0.5) is 20.7 Å². The molecule has 2 aliphatic rings. The normalized spacial score (nSPS) is 15.8. The summed E-state index contributed by atoms with van der Waals surface area (Å²) in [6.07, 6.45) is 6.16. The van der Waals surface area contributed by atoms with Crippen LogP contribution in [-0.4, -0.2) is 64.1 Å². The average Bonchev–Trinajstić information content (AvgIpc) is 3.50. The Labute approximate surface area is 244 Å². The summed E-state index contributed by atoms with van der Waals surface area (Å²) in [4.78, 5) is 33.6. The fraction of sp³-hybridized carbons (Fsp3) is 0.333. The minimum atomic E-state index is -0.609. The second-order valence-corrected chi connectivity index (χ2v) is 10.6. The van der Waals surface area contributed by atoms with Gasteiger partial charge in [-0.3, -0.25) is 10.1 Å².